The van der Waals surface area contributed by atoms with Crippen LogP contribution < -0.4 is 20.0 Å². The maximum Gasteiger partial charge on any atom is 0.131 e. The van der Waals surface area contributed by atoms with Crippen molar-refractivity contribution in [3.05, 3.63) is 169 Å². The molecule has 2 aliphatic carbocycles. The smallest absolute Gasteiger partial charge is 0.131 e. The Balaban J connectivity index is 1.12. The molecule has 0 N–H and O–H groups in total. The fourth-order valence-corrected chi connectivity index (χ4v) is 11.8. The maximum atomic E-state index is 6.84. The molecule has 3 atom stereocenters. The van der Waals surface area contributed by atoms with Crippen LogP contribution >= 0.6 is 0 Å². The normalized spacial score (nSPS) is 19.9. The Hall–Kier alpha value is -5.38. The number of benzene rings is 6. The molecule has 0 saturated heterocycles. The summed E-state index contributed by atoms with van der Waals surface area (Å²) in [4.78, 5) is 2.58. The van der Waals surface area contributed by atoms with Crippen molar-refractivity contribution < 1.29 is 4.74 Å². The Kier molecular flexibility index (Phi) is 7.02. The Morgan fingerprint density at radius 1 is 0.700 bits per heavy atom. The van der Waals surface area contributed by atoms with E-state index in [4.69, 9.17) is 4.74 Å². The largest absolute Gasteiger partial charge is 0.488 e. The van der Waals surface area contributed by atoms with E-state index in [1.165, 1.54) is 77.2 Å². The van der Waals surface area contributed by atoms with Crippen LogP contribution in [0.2, 0.25) is 6.55 Å². The van der Waals surface area contributed by atoms with Gasteiger partial charge in [-0.05, 0) is 105 Å². The molecular formula is C47H39NOSi. The molecule has 0 fully saturated rings. The van der Waals surface area contributed by atoms with Gasteiger partial charge in [0.25, 0.3) is 0 Å². The molecule has 2 nitrogen and oxygen atoms in total. The van der Waals surface area contributed by atoms with Crippen molar-refractivity contribution in [3.63, 3.8) is 0 Å². The van der Waals surface area contributed by atoms with Crippen LogP contribution in [0.1, 0.15) is 42.7 Å². The first-order chi connectivity index (χ1) is 24.7. The Labute approximate surface area is 296 Å². The molecule has 6 aromatic rings. The van der Waals surface area contributed by atoms with Gasteiger partial charge < -0.3 is 9.64 Å². The highest BCUT2D eigenvalue weighted by Crippen LogP contribution is 2.49. The molecule has 0 amide bonds. The number of allylic oxidation sites excluding steroid dienone is 5. The zero-order valence-electron chi connectivity index (χ0n) is 28.3. The quantitative estimate of drug-likeness (QED) is 0.135. The SMILES string of the molecule is C[SiH]1c2ccc3c(c2-c2cccc(N(C4=CC=C(c5ccc6ccccc6c5)CC4)c4cccc(-c5ccccc5)c4)c21)OC1CCC=CC31. The van der Waals surface area contributed by atoms with Gasteiger partial charge in [0, 0.05) is 34.1 Å². The van der Waals surface area contributed by atoms with Gasteiger partial charge in [0.05, 0.1) is 0 Å². The molecule has 3 unspecified atom stereocenters. The number of fused-ring (bicyclic) bond motifs is 8. The van der Waals surface area contributed by atoms with Crippen molar-refractivity contribution in [1.82, 2.24) is 0 Å². The lowest BCUT2D eigenvalue weighted by Gasteiger charge is -2.32. The summed E-state index contributed by atoms with van der Waals surface area (Å²) in [6.45, 7) is 2.52. The third-order valence-corrected chi connectivity index (χ3v) is 14.3. The van der Waals surface area contributed by atoms with Gasteiger partial charge in [-0.25, -0.2) is 0 Å². The number of nitrogens with zero attached hydrogens (tertiary/aromatic N) is 1. The van der Waals surface area contributed by atoms with Crippen molar-refractivity contribution >= 4 is 46.9 Å². The summed E-state index contributed by atoms with van der Waals surface area (Å²) in [5.74, 6) is 1.53. The molecule has 0 saturated carbocycles. The van der Waals surface area contributed by atoms with E-state index in [0.717, 1.165) is 31.4 Å². The summed E-state index contributed by atoms with van der Waals surface area (Å²) in [6.07, 6.45) is 13.9. The van der Waals surface area contributed by atoms with E-state index in [2.05, 4.69) is 163 Å². The van der Waals surface area contributed by atoms with Crippen LogP contribution in [0, 0.1) is 0 Å². The average Bonchev–Trinajstić information content (AvgIpc) is 3.71. The summed E-state index contributed by atoms with van der Waals surface area (Å²) in [6, 6.07) is 47.3. The van der Waals surface area contributed by atoms with Crippen molar-refractivity contribution in [2.24, 2.45) is 0 Å². The second-order valence-corrected chi connectivity index (χ2v) is 16.9. The van der Waals surface area contributed by atoms with E-state index in [9.17, 15) is 0 Å². The Morgan fingerprint density at radius 2 is 1.54 bits per heavy atom. The average molecular weight is 662 g/mol. The van der Waals surface area contributed by atoms with Crippen molar-refractivity contribution in [3.8, 4) is 28.0 Å². The molecule has 4 aliphatic rings. The van der Waals surface area contributed by atoms with Gasteiger partial charge in [0.1, 0.15) is 20.7 Å². The van der Waals surface area contributed by atoms with Crippen LogP contribution in [0.15, 0.2) is 157 Å². The van der Waals surface area contributed by atoms with Gasteiger partial charge in [-0.1, -0.05) is 128 Å². The first kappa shape index (κ1) is 29.5. The fourth-order valence-electron chi connectivity index (χ4n) is 8.97. The van der Waals surface area contributed by atoms with Crippen LogP contribution in [0.25, 0.3) is 38.6 Å². The third kappa shape index (κ3) is 4.75. The second kappa shape index (κ2) is 11.9. The molecule has 3 heteroatoms. The number of hydrogen-bond donors (Lipinski definition) is 0. The third-order valence-electron chi connectivity index (χ3n) is 11.4. The van der Waals surface area contributed by atoms with Gasteiger partial charge in [0.15, 0.2) is 0 Å². The molecule has 2 heterocycles. The van der Waals surface area contributed by atoms with Crippen molar-refractivity contribution in [2.45, 2.75) is 44.3 Å². The minimum absolute atomic E-state index is 0.263. The van der Waals surface area contributed by atoms with E-state index in [1.807, 2.05) is 0 Å². The molecule has 0 aromatic heterocycles. The monoisotopic (exact) mass is 661 g/mol. The molecule has 0 radical (unpaired) electrons. The summed E-state index contributed by atoms with van der Waals surface area (Å²) in [5, 5.41) is 5.63. The minimum atomic E-state index is -1.54. The molecule has 2 aliphatic heterocycles. The highest BCUT2D eigenvalue weighted by Gasteiger charge is 2.41. The molecule has 6 aromatic carbocycles. The van der Waals surface area contributed by atoms with Crippen molar-refractivity contribution in [2.75, 3.05) is 4.90 Å². The Morgan fingerprint density at radius 3 is 2.42 bits per heavy atom. The highest BCUT2D eigenvalue weighted by atomic mass is 28.3. The van der Waals surface area contributed by atoms with Crippen LogP contribution in [-0.4, -0.2) is 14.9 Å². The lowest BCUT2D eigenvalue weighted by Crippen LogP contribution is -2.38. The van der Waals surface area contributed by atoms with E-state index < -0.39 is 8.80 Å². The van der Waals surface area contributed by atoms with Gasteiger partial charge >= 0.3 is 0 Å². The second-order valence-electron chi connectivity index (χ2n) is 14.3. The molecular weight excluding hydrogens is 623 g/mol. The number of rotatable bonds is 5. The van der Waals surface area contributed by atoms with E-state index in [1.54, 1.807) is 0 Å². The maximum absolute atomic E-state index is 6.84. The van der Waals surface area contributed by atoms with Crippen LogP contribution in [-0.2, 0) is 0 Å². The van der Waals surface area contributed by atoms with Gasteiger partial charge in [0.2, 0.25) is 0 Å². The van der Waals surface area contributed by atoms with Crippen LogP contribution in [0.4, 0.5) is 11.4 Å². The first-order valence-electron chi connectivity index (χ1n) is 18.2. The molecule has 50 heavy (non-hydrogen) atoms. The lowest BCUT2D eigenvalue weighted by molar-refractivity contribution is 0.205. The predicted molar refractivity (Wildman–Crippen MR) is 213 cm³/mol. The predicted octanol–water partition coefficient (Wildman–Crippen LogP) is 10.6. The number of hydrogen-bond acceptors (Lipinski definition) is 2. The molecule has 0 spiro atoms. The molecule has 242 valence electrons. The number of ether oxygens (including phenoxy) is 1. The summed E-state index contributed by atoms with van der Waals surface area (Å²) < 4.78 is 6.84. The van der Waals surface area contributed by atoms with Crippen molar-refractivity contribution in [1.29, 1.82) is 0 Å². The first-order valence-corrected chi connectivity index (χ1v) is 20.5. The van der Waals surface area contributed by atoms with E-state index >= 15 is 0 Å². The highest BCUT2D eigenvalue weighted by molar-refractivity contribution is 6.90. The summed E-state index contributed by atoms with van der Waals surface area (Å²) >= 11 is 0. The van der Waals surface area contributed by atoms with Crippen LogP contribution in [0.3, 0.4) is 0 Å². The standard InChI is InChI=1S/C47H39NOSi/c1-50-44-28-27-40-39-17-7-8-20-43(39)49-46(40)45(44)41-18-10-19-42(47(41)50)48(38-16-9-15-35(30-38)31-11-3-2-4-12-31)37-25-23-33(24-26-37)36-22-21-32-13-5-6-14-34(32)29-36/h2-7,9-19,21-23,25,27-30,39,43,50H,8,20,24,26H2,1H3. The topological polar surface area (TPSA) is 12.5 Å². The fraction of sp³-hybridized carbons (Fsp3) is 0.149. The Bertz CT molecular complexity index is 2400. The van der Waals surface area contributed by atoms with Gasteiger partial charge in [-0.15, -0.1) is 0 Å². The zero-order chi connectivity index (χ0) is 33.2. The van der Waals surface area contributed by atoms with E-state index in [0.29, 0.717) is 5.92 Å². The van der Waals surface area contributed by atoms with Gasteiger partial charge in [-0.3, -0.25) is 0 Å². The molecule has 10 rings (SSSR count). The lowest BCUT2D eigenvalue weighted by atomic mass is 9.87. The summed E-state index contributed by atoms with van der Waals surface area (Å²) in [5.41, 5.74) is 13.2. The summed E-state index contributed by atoms with van der Waals surface area (Å²) in [7, 11) is -1.54. The van der Waals surface area contributed by atoms with Crippen LogP contribution in [0.5, 0.6) is 5.75 Å². The van der Waals surface area contributed by atoms with E-state index in [-0.39, 0.29) is 6.10 Å². The van der Waals surface area contributed by atoms with Gasteiger partial charge in [-0.2, -0.15) is 0 Å². The zero-order valence-corrected chi connectivity index (χ0v) is 29.5. The number of anilines is 2. The minimum Gasteiger partial charge on any atom is -0.488 e. The molecule has 0 bridgehead atoms.